The Morgan fingerprint density at radius 1 is 1.50 bits per heavy atom. The second-order valence-corrected chi connectivity index (χ2v) is 6.70. The van der Waals surface area contributed by atoms with Crippen LogP contribution in [0.1, 0.15) is 22.7 Å². The Morgan fingerprint density at radius 2 is 2.38 bits per heavy atom. The highest BCUT2D eigenvalue weighted by molar-refractivity contribution is 9.11. The highest BCUT2D eigenvalue weighted by Crippen LogP contribution is 2.27. The molecule has 3 nitrogen and oxygen atoms in total. The van der Waals surface area contributed by atoms with E-state index in [1.165, 1.54) is 25.1 Å². The van der Waals surface area contributed by atoms with Gasteiger partial charge < -0.3 is 5.32 Å². The summed E-state index contributed by atoms with van der Waals surface area (Å²) in [6, 6.07) is 4.58. The maximum absolute atomic E-state index is 3.92. The zero-order chi connectivity index (χ0) is 11.4. The van der Waals surface area contributed by atoms with Crippen molar-refractivity contribution in [3.8, 4) is 0 Å². The van der Waals surface area contributed by atoms with Gasteiger partial charge in [-0.2, -0.15) is 0 Å². The summed E-state index contributed by atoms with van der Waals surface area (Å²) in [5.41, 5.74) is 0. The zero-order valence-corrected chi connectivity index (χ0v) is 12.0. The topological polar surface area (TPSA) is 37.8 Å². The molecule has 2 rings (SSSR count). The largest absolute Gasteiger partial charge is 0.309 e. The van der Waals surface area contributed by atoms with Crippen molar-refractivity contribution in [2.75, 3.05) is 6.54 Å². The molecule has 86 valence electrons. The number of halogens is 1. The van der Waals surface area contributed by atoms with Crippen LogP contribution in [0.15, 0.2) is 22.1 Å². The van der Waals surface area contributed by atoms with Crippen molar-refractivity contribution in [2.45, 2.75) is 19.4 Å². The number of likely N-dealkylation sites (N-methyl/N-ethyl adjacent to an activating group) is 1. The van der Waals surface area contributed by atoms with Crippen molar-refractivity contribution in [3.63, 3.8) is 0 Å². The molecule has 0 aliphatic carbocycles. The van der Waals surface area contributed by atoms with E-state index in [1.54, 1.807) is 11.3 Å². The molecule has 0 saturated carbocycles. The van der Waals surface area contributed by atoms with Gasteiger partial charge in [-0.05, 0) is 46.1 Å². The Hall–Kier alpha value is -0.300. The monoisotopic (exact) mass is 317 g/mol. The van der Waals surface area contributed by atoms with Gasteiger partial charge in [-0.3, -0.25) is 0 Å². The van der Waals surface area contributed by atoms with Gasteiger partial charge in [0.15, 0.2) is 0 Å². The molecule has 16 heavy (non-hydrogen) atoms. The van der Waals surface area contributed by atoms with E-state index in [9.17, 15) is 0 Å². The molecule has 2 heterocycles. The van der Waals surface area contributed by atoms with E-state index in [2.05, 4.69) is 49.9 Å². The van der Waals surface area contributed by atoms with Crippen molar-refractivity contribution in [2.24, 2.45) is 0 Å². The first-order valence-electron chi connectivity index (χ1n) is 5.04. The van der Waals surface area contributed by atoms with E-state index < -0.39 is 0 Å². The third-order valence-corrected chi connectivity index (χ3v) is 4.63. The first-order chi connectivity index (χ1) is 7.79. The Balaban J connectivity index is 2.09. The molecular weight excluding hydrogens is 306 g/mol. The van der Waals surface area contributed by atoms with E-state index in [-0.39, 0.29) is 0 Å². The van der Waals surface area contributed by atoms with E-state index in [1.807, 2.05) is 6.20 Å². The maximum atomic E-state index is 3.92. The number of hydrogen-bond donors (Lipinski definition) is 1. The van der Waals surface area contributed by atoms with Crippen molar-refractivity contribution < 1.29 is 0 Å². The van der Waals surface area contributed by atoms with Crippen LogP contribution in [0.3, 0.4) is 0 Å². The van der Waals surface area contributed by atoms with Gasteiger partial charge in [-0.1, -0.05) is 11.4 Å². The van der Waals surface area contributed by atoms with Crippen LogP contribution in [0.5, 0.6) is 0 Å². The third kappa shape index (κ3) is 3.10. The summed E-state index contributed by atoms with van der Waals surface area (Å²) in [5.74, 6) is 0. The fourth-order valence-electron chi connectivity index (χ4n) is 1.51. The highest BCUT2D eigenvalue weighted by Gasteiger charge is 2.14. The Bertz CT molecular complexity index is 427. The molecule has 0 bridgehead atoms. The molecule has 0 saturated heterocycles. The lowest BCUT2D eigenvalue weighted by molar-refractivity contribution is 0.561. The molecule has 0 amide bonds. The van der Waals surface area contributed by atoms with Crippen LogP contribution < -0.4 is 5.32 Å². The minimum absolute atomic E-state index is 0.329. The predicted octanol–water partition coefficient (Wildman–Crippen LogP) is 3.26. The van der Waals surface area contributed by atoms with Crippen molar-refractivity contribution in [1.82, 2.24) is 14.9 Å². The van der Waals surface area contributed by atoms with Crippen LogP contribution in [0.2, 0.25) is 0 Å². The second-order valence-electron chi connectivity index (χ2n) is 3.34. The van der Waals surface area contributed by atoms with Crippen LogP contribution in [0.4, 0.5) is 0 Å². The summed E-state index contributed by atoms with van der Waals surface area (Å²) in [7, 11) is 0. The number of nitrogens with one attached hydrogen (secondary N) is 1. The first kappa shape index (κ1) is 12.2. The van der Waals surface area contributed by atoms with E-state index in [4.69, 9.17) is 0 Å². The molecule has 0 fully saturated rings. The number of aromatic nitrogens is 2. The Morgan fingerprint density at radius 3 is 2.94 bits per heavy atom. The smallest absolute Gasteiger partial charge is 0.0701 e. The molecule has 6 heteroatoms. The summed E-state index contributed by atoms with van der Waals surface area (Å²) in [6.07, 6.45) is 2.84. The van der Waals surface area contributed by atoms with E-state index in [0.29, 0.717) is 6.04 Å². The average Bonchev–Trinajstić information content (AvgIpc) is 2.88. The molecule has 0 aliphatic rings. The first-order valence-corrected chi connectivity index (χ1v) is 7.42. The molecule has 2 aromatic heterocycles. The standard InChI is InChI=1S/C10H12BrN3S2/c1-2-12-8(9-6-13-14-16-9)5-7-3-4-10(11)15-7/h3-4,6,8,12H,2,5H2,1H3. The van der Waals surface area contributed by atoms with Crippen LogP contribution in [-0.2, 0) is 6.42 Å². The SMILES string of the molecule is CCNC(Cc1ccc(Br)s1)c1cnns1. The predicted molar refractivity (Wildman–Crippen MR) is 72.0 cm³/mol. The van der Waals surface area contributed by atoms with Gasteiger partial charge in [-0.25, -0.2) is 0 Å². The number of hydrogen-bond acceptors (Lipinski definition) is 5. The summed E-state index contributed by atoms with van der Waals surface area (Å²) in [6.45, 7) is 3.07. The van der Waals surface area contributed by atoms with Gasteiger partial charge in [0.1, 0.15) is 0 Å². The van der Waals surface area contributed by atoms with Crippen LogP contribution in [-0.4, -0.2) is 16.1 Å². The van der Waals surface area contributed by atoms with Gasteiger partial charge in [0, 0.05) is 17.3 Å². The molecule has 0 aliphatic heterocycles. The van der Waals surface area contributed by atoms with Gasteiger partial charge in [0.05, 0.1) is 14.9 Å². The van der Waals surface area contributed by atoms with Gasteiger partial charge in [-0.15, -0.1) is 16.4 Å². The molecule has 1 atom stereocenters. The molecule has 0 aromatic carbocycles. The lowest BCUT2D eigenvalue weighted by Gasteiger charge is -2.13. The van der Waals surface area contributed by atoms with Crippen molar-refractivity contribution in [3.05, 3.63) is 31.9 Å². The molecule has 0 spiro atoms. The minimum atomic E-state index is 0.329. The zero-order valence-electron chi connectivity index (χ0n) is 8.81. The lowest BCUT2D eigenvalue weighted by Crippen LogP contribution is -2.21. The number of rotatable bonds is 5. The lowest BCUT2D eigenvalue weighted by atomic mass is 10.1. The number of thiophene rings is 1. The Kier molecular flexibility index (Phi) is 4.45. The number of nitrogens with zero attached hydrogens (tertiary/aromatic N) is 2. The molecule has 2 aromatic rings. The molecule has 1 N–H and O–H groups in total. The van der Waals surface area contributed by atoms with Crippen LogP contribution in [0, 0.1) is 0 Å². The second kappa shape index (κ2) is 5.86. The van der Waals surface area contributed by atoms with Gasteiger partial charge in [0.25, 0.3) is 0 Å². The fourth-order valence-corrected chi connectivity index (χ4v) is 3.62. The molecular formula is C10H12BrN3S2. The van der Waals surface area contributed by atoms with Crippen molar-refractivity contribution >= 4 is 38.8 Å². The minimum Gasteiger partial charge on any atom is -0.309 e. The van der Waals surface area contributed by atoms with Crippen LogP contribution >= 0.6 is 38.8 Å². The van der Waals surface area contributed by atoms with Gasteiger partial charge in [0.2, 0.25) is 0 Å². The Labute approximate surface area is 111 Å². The van der Waals surface area contributed by atoms with Gasteiger partial charge >= 0.3 is 0 Å². The van der Waals surface area contributed by atoms with E-state index in [0.717, 1.165) is 13.0 Å². The maximum Gasteiger partial charge on any atom is 0.0701 e. The molecule has 0 radical (unpaired) electrons. The highest BCUT2D eigenvalue weighted by atomic mass is 79.9. The summed E-state index contributed by atoms with van der Waals surface area (Å²) in [4.78, 5) is 2.57. The quantitative estimate of drug-likeness (QED) is 0.919. The summed E-state index contributed by atoms with van der Waals surface area (Å²) >= 11 is 6.73. The van der Waals surface area contributed by atoms with Crippen molar-refractivity contribution in [1.29, 1.82) is 0 Å². The normalized spacial score (nSPS) is 12.9. The third-order valence-electron chi connectivity index (χ3n) is 2.21. The summed E-state index contributed by atoms with van der Waals surface area (Å²) < 4.78 is 5.10. The average molecular weight is 318 g/mol. The van der Waals surface area contributed by atoms with Crippen LogP contribution in [0.25, 0.3) is 0 Å². The van der Waals surface area contributed by atoms with E-state index >= 15 is 0 Å². The molecule has 1 unspecified atom stereocenters. The fraction of sp³-hybridized carbons (Fsp3) is 0.400. The summed E-state index contributed by atoms with van der Waals surface area (Å²) in [5, 5.41) is 7.36.